The number of nitrogens with zero attached hydrogens (tertiary/aromatic N) is 6. The van der Waals surface area contributed by atoms with Crippen LogP contribution in [0.25, 0.3) is 5.82 Å². The van der Waals surface area contributed by atoms with Gasteiger partial charge in [0.2, 0.25) is 0 Å². The van der Waals surface area contributed by atoms with Gasteiger partial charge in [-0.25, -0.2) is 9.36 Å². The van der Waals surface area contributed by atoms with E-state index >= 15 is 0 Å². The predicted octanol–water partition coefficient (Wildman–Crippen LogP) is 0.577. The molecule has 2 unspecified atom stereocenters. The minimum Gasteiger partial charge on any atom is -0.391 e. The Balaban J connectivity index is 1.36. The lowest BCUT2D eigenvalue weighted by Crippen LogP contribution is -2.52. The van der Waals surface area contributed by atoms with Crippen LogP contribution < -0.4 is 5.56 Å². The summed E-state index contributed by atoms with van der Waals surface area (Å²) >= 11 is 0. The molecule has 0 aromatic carbocycles. The van der Waals surface area contributed by atoms with Crippen LogP contribution in [0.2, 0.25) is 0 Å². The zero-order valence-corrected chi connectivity index (χ0v) is 16.8. The van der Waals surface area contributed by atoms with Crippen LogP contribution in [0, 0.1) is 13.8 Å². The number of aryl methyl sites for hydroxylation is 2. The number of rotatable bonds is 5. The Hall–Kier alpha value is -2.03. The first-order valence-electron chi connectivity index (χ1n) is 10.3. The molecule has 0 bridgehead atoms. The van der Waals surface area contributed by atoms with Crippen molar-refractivity contribution in [3.63, 3.8) is 0 Å². The monoisotopic (exact) mass is 386 g/mol. The summed E-state index contributed by atoms with van der Waals surface area (Å²) in [5.74, 6) is 0.672. The summed E-state index contributed by atoms with van der Waals surface area (Å²) in [6, 6.07) is 5.63. The molecule has 0 amide bonds. The average Bonchev–Trinajstić information content (AvgIpc) is 3.26. The van der Waals surface area contributed by atoms with E-state index in [-0.39, 0.29) is 11.7 Å². The minimum absolute atomic E-state index is 0.0852. The maximum atomic E-state index is 12.2. The molecule has 2 aromatic rings. The number of aliphatic hydroxyl groups is 1. The van der Waals surface area contributed by atoms with E-state index in [0.29, 0.717) is 18.4 Å². The third-order valence-corrected chi connectivity index (χ3v) is 6.03. The highest BCUT2D eigenvalue weighted by molar-refractivity contribution is 5.23. The van der Waals surface area contributed by atoms with Gasteiger partial charge in [0, 0.05) is 50.5 Å². The highest BCUT2D eigenvalue weighted by atomic mass is 16.3. The number of aromatic nitrogens is 4. The fraction of sp³-hybridized carbons (Fsp3) is 0.650. The van der Waals surface area contributed by atoms with E-state index in [9.17, 15) is 9.90 Å². The molecule has 1 aliphatic carbocycles. The van der Waals surface area contributed by atoms with Gasteiger partial charge in [0.25, 0.3) is 5.56 Å². The standard InChI is InChI=1S/C20H30N6O2/c1-15-14-16(2)26(21-15)19-6-7-20(28)25(22-19)13-10-23-8-11-24(12-9-23)17-4-3-5-18(17)27/h6-7,14,17-18,27H,3-5,8-13H2,1-2H3. The fourth-order valence-electron chi connectivity index (χ4n) is 4.47. The molecule has 2 aliphatic rings. The molecule has 152 valence electrons. The molecule has 8 heteroatoms. The zero-order chi connectivity index (χ0) is 19.7. The number of aliphatic hydroxyl groups excluding tert-OH is 1. The van der Waals surface area contributed by atoms with Crippen molar-refractivity contribution in [2.45, 2.75) is 51.8 Å². The second-order valence-electron chi connectivity index (χ2n) is 8.04. The summed E-state index contributed by atoms with van der Waals surface area (Å²) in [4.78, 5) is 17.1. The summed E-state index contributed by atoms with van der Waals surface area (Å²) < 4.78 is 3.32. The lowest BCUT2D eigenvalue weighted by Gasteiger charge is -2.39. The molecule has 1 saturated heterocycles. The van der Waals surface area contributed by atoms with Crippen molar-refractivity contribution < 1.29 is 5.11 Å². The topological polar surface area (TPSA) is 79.4 Å². The molecule has 1 N–H and O–H groups in total. The molecule has 4 rings (SSSR count). The van der Waals surface area contributed by atoms with Crippen molar-refractivity contribution in [2.24, 2.45) is 0 Å². The minimum atomic E-state index is -0.161. The molecule has 2 atom stereocenters. The van der Waals surface area contributed by atoms with Crippen LogP contribution in [-0.4, -0.2) is 79.3 Å². The third-order valence-electron chi connectivity index (χ3n) is 6.03. The van der Waals surface area contributed by atoms with Crippen molar-refractivity contribution in [3.8, 4) is 5.82 Å². The van der Waals surface area contributed by atoms with Gasteiger partial charge in [-0.2, -0.15) is 5.10 Å². The average molecular weight is 387 g/mol. The van der Waals surface area contributed by atoms with Gasteiger partial charge >= 0.3 is 0 Å². The van der Waals surface area contributed by atoms with Crippen molar-refractivity contribution in [1.29, 1.82) is 0 Å². The maximum absolute atomic E-state index is 12.2. The van der Waals surface area contributed by atoms with Crippen LogP contribution in [0.5, 0.6) is 0 Å². The van der Waals surface area contributed by atoms with Gasteiger partial charge in [0.15, 0.2) is 5.82 Å². The second-order valence-corrected chi connectivity index (χ2v) is 8.04. The lowest BCUT2D eigenvalue weighted by atomic mass is 10.1. The van der Waals surface area contributed by atoms with E-state index in [0.717, 1.165) is 63.4 Å². The van der Waals surface area contributed by atoms with Crippen LogP contribution in [0.1, 0.15) is 30.7 Å². The molecular formula is C20H30N6O2. The SMILES string of the molecule is Cc1cc(C)n(-c2ccc(=O)n(CCN3CCN(C4CCCC4O)CC3)n2)n1. The Morgan fingerprint density at radius 3 is 2.50 bits per heavy atom. The second kappa shape index (κ2) is 8.14. The summed E-state index contributed by atoms with van der Waals surface area (Å²) in [5, 5.41) is 19.1. The molecule has 2 aromatic heterocycles. The number of hydrogen-bond donors (Lipinski definition) is 1. The van der Waals surface area contributed by atoms with Crippen molar-refractivity contribution in [1.82, 2.24) is 29.4 Å². The highest BCUT2D eigenvalue weighted by Crippen LogP contribution is 2.25. The molecule has 0 radical (unpaired) electrons. The van der Waals surface area contributed by atoms with Crippen LogP contribution in [0.3, 0.4) is 0 Å². The molecule has 1 aliphatic heterocycles. The smallest absolute Gasteiger partial charge is 0.266 e. The van der Waals surface area contributed by atoms with Gasteiger partial charge in [0.05, 0.1) is 18.3 Å². The van der Waals surface area contributed by atoms with E-state index in [1.54, 1.807) is 21.5 Å². The first-order chi connectivity index (χ1) is 13.5. The lowest BCUT2D eigenvalue weighted by molar-refractivity contribution is 0.0344. The van der Waals surface area contributed by atoms with Gasteiger partial charge in [0.1, 0.15) is 0 Å². The third kappa shape index (κ3) is 4.04. The Morgan fingerprint density at radius 2 is 1.86 bits per heavy atom. The van der Waals surface area contributed by atoms with Gasteiger partial charge < -0.3 is 5.11 Å². The van der Waals surface area contributed by atoms with E-state index < -0.39 is 0 Å². The molecule has 8 nitrogen and oxygen atoms in total. The summed E-state index contributed by atoms with van der Waals surface area (Å²) in [7, 11) is 0. The Kier molecular flexibility index (Phi) is 5.61. The molecule has 3 heterocycles. The number of piperazine rings is 1. The Bertz CT molecular complexity index is 868. The first-order valence-corrected chi connectivity index (χ1v) is 10.3. The molecule has 1 saturated carbocycles. The van der Waals surface area contributed by atoms with Gasteiger partial charge in [-0.3, -0.25) is 14.6 Å². The number of hydrogen-bond acceptors (Lipinski definition) is 6. The predicted molar refractivity (Wildman–Crippen MR) is 107 cm³/mol. The summed E-state index contributed by atoms with van der Waals surface area (Å²) in [6.45, 7) is 9.20. The summed E-state index contributed by atoms with van der Waals surface area (Å²) in [6.07, 6.45) is 3.02. The fourth-order valence-corrected chi connectivity index (χ4v) is 4.47. The van der Waals surface area contributed by atoms with Crippen LogP contribution >= 0.6 is 0 Å². The normalized spacial score (nSPS) is 24.1. The van der Waals surface area contributed by atoms with E-state index in [1.165, 1.54) is 0 Å². The van der Waals surface area contributed by atoms with Gasteiger partial charge in [-0.15, -0.1) is 5.10 Å². The Labute approximate surface area is 165 Å². The molecule has 28 heavy (non-hydrogen) atoms. The Morgan fingerprint density at radius 1 is 1.07 bits per heavy atom. The maximum Gasteiger partial charge on any atom is 0.266 e. The first kappa shape index (κ1) is 19.3. The van der Waals surface area contributed by atoms with Gasteiger partial charge in [-0.1, -0.05) is 0 Å². The van der Waals surface area contributed by atoms with Crippen LogP contribution in [0.4, 0.5) is 0 Å². The zero-order valence-electron chi connectivity index (χ0n) is 16.8. The van der Waals surface area contributed by atoms with Crippen LogP contribution in [-0.2, 0) is 6.54 Å². The van der Waals surface area contributed by atoms with E-state index in [1.807, 2.05) is 19.9 Å². The largest absolute Gasteiger partial charge is 0.391 e. The van der Waals surface area contributed by atoms with Crippen molar-refractivity contribution in [2.75, 3.05) is 32.7 Å². The molecule has 0 spiro atoms. The molecular weight excluding hydrogens is 356 g/mol. The van der Waals surface area contributed by atoms with E-state index in [4.69, 9.17) is 0 Å². The van der Waals surface area contributed by atoms with Gasteiger partial charge in [-0.05, 0) is 45.2 Å². The molecule has 2 fully saturated rings. The highest BCUT2D eigenvalue weighted by Gasteiger charge is 2.32. The van der Waals surface area contributed by atoms with Crippen LogP contribution in [0.15, 0.2) is 23.0 Å². The van der Waals surface area contributed by atoms with Crippen molar-refractivity contribution in [3.05, 3.63) is 39.9 Å². The summed E-state index contributed by atoms with van der Waals surface area (Å²) in [5.41, 5.74) is 1.85. The van der Waals surface area contributed by atoms with E-state index in [2.05, 4.69) is 20.0 Å². The quantitative estimate of drug-likeness (QED) is 0.810. The van der Waals surface area contributed by atoms with Crippen molar-refractivity contribution >= 4 is 0 Å².